The molecule has 0 aromatic heterocycles. The Bertz CT molecular complexity index is 894. The van der Waals surface area contributed by atoms with Crippen molar-refractivity contribution in [1.29, 1.82) is 0 Å². The molecule has 1 N–H and O–H groups in total. The van der Waals surface area contributed by atoms with Crippen LogP contribution in [0.2, 0.25) is 0 Å². The minimum Gasteiger partial charge on any atom is -0.498 e. The van der Waals surface area contributed by atoms with Crippen LogP contribution in [-0.2, 0) is 27.9 Å². The number of quaternary nitrogens is 1. The molecule has 0 aromatic carbocycles. The van der Waals surface area contributed by atoms with Gasteiger partial charge in [-0.15, -0.1) is 0 Å². The molecule has 2 atom stereocenters. The summed E-state index contributed by atoms with van der Waals surface area (Å²) in [6, 6.07) is 0. The fourth-order valence-corrected chi connectivity index (χ4v) is 7.50. The van der Waals surface area contributed by atoms with Crippen LogP contribution < -0.4 is 0 Å². The summed E-state index contributed by atoms with van der Waals surface area (Å²) in [4.78, 5) is 22.9. The number of phosphoric ester groups is 1. The van der Waals surface area contributed by atoms with Crippen molar-refractivity contribution in [3.05, 3.63) is 12.3 Å². The Labute approximate surface area is 341 Å². The number of unbranched alkanes of at least 4 members (excludes halogenated alkanes) is 30. The van der Waals surface area contributed by atoms with Gasteiger partial charge in [0.1, 0.15) is 19.8 Å². The van der Waals surface area contributed by atoms with Crippen molar-refractivity contribution in [3.8, 4) is 0 Å². The Morgan fingerprint density at radius 3 is 1.35 bits per heavy atom. The van der Waals surface area contributed by atoms with Crippen LogP contribution in [0.25, 0.3) is 0 Å². The number of phosphoric acid groups is 1. The molecule has 1 unspecified atom stereocenters. The van der Waals surface area contributed by atoms with E-state index in [0.29, 0.717) is 17.4 Å². The first-order chi connectivity index (χ1) is 26.6. The molecule has 0 rings (SSSR count). The van der Waals surface area contributed by atoms with Gasteiger partial charge in [-0.05, 0) is 25.3 Å². The number of nitrogens with zero attached hydrogens (tertiary/aromatic N) is 1. The molecule has 55 heavy (non-hydrogen) atoms. The Morgan fingerprint density at radius 1 is 0.564 bits per heavy atom. The molecule has 0 fully saturated rings. The van der Waals surface area contributed by atoms with Crippen molar-refractivity contribution in [2.45, 2.75) is 232 Å². The summed E-state index contributed by atoms with van der Waals surface area (Å²) < 4.78 is 34.8. The zero-order valence-corrected chi connectivity index (χ0v) is 38.1. The van der Waals surface area contributed by atoms with Crippen LogP contribution in [0.1, 0.15) is 226 Å². The van der Waals surface area contributed by atoms with E-state index in [4.69, 9.17) is 18.5 Å². The average molecular weight is 803 g/mol. The number of likely N-dealkylation sites (N-methyl/N-ethyl adjacent to an activating group) is 1. The van der Waals surface area contributed by atoms with Crippen LogP contribution >= 0.6 is 7.82 Å². The van der Waals surface area contributed by atoms with Gasteiger partial charge in [-0.3, -0.25) is 13.8 Å². The van der Waals surface area contributed by atoms with Crippen molar-refractivity contribution < 1.29 is 37.3 Å². The first-order valence-electron chi connectivity index (χ1n) is 23.5. The molecular formula is C46H93NO7P+. The van der Waals surface area contributed by atoms with E-state index in [1.54, 1.807) is 6.26 Å². The highest BCUT2D eigenvalue weighted by Gasteiger charge is 2.26. The Balaban J connectivity index is 4.18. The van der Waals surface area contributed by atoms with Gasteiger partial charge in [0.05, 0.1) is 34.0 Å². The molecule has 0 bridgehead atoms. The predicted molar refractivity (Wildman–Crippen MR) is 233 cm³/mol. The van der Waals surface area contributed by atoms with Crippen molar-refractivity contribution in [3.63, 3.8) is 0 Å². The van der Waals surface area contributed by atoms with Gasteiger partial charge in [-0.1, -0.05) is 200 Å². The second-order valence-corrected chi connectivity index (χ2v) is 18.7. The topological polar surface area (TPSA) is 91.3 Å². The average Bonchev–Trinajstić information content (AvgIpc) is 3.13. The number of carbonyl (C=O) groups excluding carboxylic acids is 1. The number of carbonyl (C=O) groups is 1. The van der Waals surface area contributed by atoms with E-state index in [1.807, 2.05) is 27.2 Å². The molecular weight excluding hydrogens is 709 g/mol. The number of hydrogen-bond donors (Lipinski definition) is 1. The van der Waals surface area contributed by atoms with Crippen molar-refractivity contribution in [1.82, 2.24) is 0 Å². The highest BCUT2D eigenvalue weighted by Crippen LogP contribution is 2.43. The van der Waals surface area contributed by atoms with E-state index in [0.717, 1.165) is 32.1 Å². The maximum Gasteiger partial charge on any atom is 0.472 e. The highest BCUT2D eigenvalue weighted by atomic mass is 31.2. The SMILES string of the molecule is CCCCCCCCCCCCCC/C=C\OC[C@H](COP(=O)(O)OCC[N+](C)(C)C)OC(=O)CCCCCCCCCCCCCCCCCCCCC. The Hall–Kier alpha value is -0.920. The lowest BCUT2D eigenvalue weighted by Gasteiger charge is -2.24. The van der Waals surface area contributed by atoms with E-state index in [1.165, 1.54) is 173 Å². The summed E-state index contributed by atoms with van der Waals surface area (Å²) in [7, 11) is 1.65. The number of hydrogen-bond acceptors (Lipinski definition) is 6. The summed E-state index contributed by atoms with van der Waals surface area (Å²) >= 11 is 0. The molecule has 0 aliphatic rings. The van der Waals surface area contributed by atoms with Gasteiger partial charge in [-0.2, -0.15) is 0 Å². The third-order valence-electron chi connectivity index (χ3n) is 10.4. The van der Waals surface area contributed by atoms with Crippen LogP contribution in [0.3, 0.4) is 0 Å². The van der Waals surface area contributed by atoms with Gasteiger partial charge in [0.2, 0.25) is 0 Å². The standard InChI is InChI=1S/C46H92NO7P/c1-6-8-10-12-14-16-18-20-22-23-24-25-26-27-29-31-33-35-37-39-46(48)54-45(44-53-55(49,50)52-42-40-47(3,4)5)43-51-41-38-36-34-32-30-28-21-19-17-15-13-11-9-7-2/h38,41,45H,6-37,39-40,42-44H2,1-5H3/p+1/b41-38-/t45-/m1/s1. The Kier molecular flexibility index (Phi) is 39.2. The third-order valence-corrected chi connectivity index (χ3v) is 11.4. The molecule has 0 radical (unpaired) electrons. The van der Waals surface area contributed by atoms with Crippen molar-refractivity contribution in [2.24, 2.45) is 0 Å². The lowest BCUT2D eigenvalue weighted by atomic mass is 10.0. The summed E-state index contributed by atoms with van der Waals surface area (Å²) in [5.41, 5.74) is 0. The first kappa shape index (κ1) is 54.1. The minimum absolute atomic E-state index is 0.0543. The number of rotatable bonds is 44. The van der Waals surface area contributed by atoms with Crippen molar-refractivity contribution in [2.75, 3.05) is 47.5 Å². The maximum absolute atomic E-state index is 12.7. The van der Waals surface area contributed by atoms with E-state index in [9.17, 15) is 14.3 Å². The molecule has 328 valence electrons. The lowest BCUT2D eigenvalue weighted by molar-refractivity contribution is -0.870. The van der Waals surface area contributed by atoms with Crippen LogP contribution in [0.4, 0.5) is 0 Å². The zero-order valence-electron chi connectivity index (χ0n) is 37.2. The zero-order chi connectivity index (χ0) is 40.6. The normalized spacial score (nSPS) is 13.7. The van der Waals surface area contributed by atoms with Gasteiger partial charge in [0.25, 0.3) is 0 Å². The molecule has 0 amide bonds. The molecule has 0 saturated carbocycles. The molecule has 0 spiro atoms. The summed E-state index contributed by atoms with van der Waals surface area (Å²) in [6.07, 6.45) is 44.8. The molecule has 0 aliphatic carbocycles. The third kappa shape index (κ3) is 44.0. The van der Waals surface area contributed by atoms with Crippen molar-refractivity contribution >= 4 is 13.8 Å². The summed E-state index contributed by atoms with van der Waals surface area (Å²) in [5, 5.41) is 0. The molecule has 0 aromatic rings. The number of esters is 1. The van der Waals surface area contributed by atoms with Gasteiger partial charge in [0.15, 0.2) is 6.10 Å². The summed E-state index contributed by atoms with van der Waals surface area (Å²) in [5.74, 6) is -0.330. The smallest absolute Gasteiger partial charge is 0.472 e. The van der Waals surface area contributed by atoms with E-state index in [-0.39, 0.29) is 25.8 Å². The first-order valence-corrected chi connectivity index (χ1v) is 25.0. The predicted octanol–water partition coefficient (Wildman–Crippen LogP) is 14.2. The van der Waals surface area contributed by atoms with Gasteiger partial charge >= 0.3 is 13.8 Å². The Morgan fingerprint density at radius 2 is 0.945 bits per heavy atom. The van der Waals surface area contributed by atoms with Crippen LogP contribution in [0.15, 0.2) is 12.3 Å². The highest BCUT2D eigenvalue weighted by molar-refractivity contribution is 7.47. The molecule has 9 heteroatoms. The molecule has 8 nitrogen and oxygen atoms in total. The van der Waals surface area contributed by atoms with E-state index in [2.05, 4.69) is 13.8 Å². The molecule has 0 heterocycles. The molecule has 0 aliphatic heterocycles. The lowest BCUT2D eigenvalue weighted by Crippen LogP contribution is -2.37. The monoisotopic (exact) mass is 803 g/mol. The molecule has 0 saturated heterocycles. The van der Waals surface area contributed by atoms with Crippen LogP contribution in [-0.4, -0.2) is 69.0 Å². The van der Waals surface area contributed by atoms with Gasteiger partial charge in [0, 0.05) is 6.42 Å². The van der Waals surface area contributed by atoms with Gasteiger partial charge < -0.3 is 18.9 Å². The van der Waals surface area contributed by atoms with Gasteiger partial charge in [-0.25, -0.2) is 4.57 Å². The number of allylic oxidation sites excluding steroid dienone is 1. The minimum atomic E-state index is -4.28. The maximum atomic E-state index is 12.7. The second-order valence-electron chi connectivity index (χ2n) is 17.2. The van der Waals surface area contributed by atoms with Crippen LogP contribution in [0, 0.1) is 0 Å². The number of ether oxygens (including phenoxy) is 2. The largest absolute Gasteiger partial charge is 0.498 e. The quantitative estimate of drug-likeness (QED) is 0.0216. The fraction of sp³-hybridized carbons (Fsp3) is 0.935. The summed E-state index contributed by atoms with van der Waals surface area (Å²) in [6.45, 7) is 4.97. The van der Waals surface area contributed by atoms with E-state index >= 15 is 0 Å². The van der Waals surface area contributed by atoms with E-state index < -0.39 is 13.9 Å². The fourth-order valence-electron chi connectivity index (χ4n) is 6.76. The van der Waals surface area contributed by atoms with Crippen LogP contribution in [0.5, 0.6) is 0 Å². The second kappa shape index (κ2) is 39.9.